The highest BCUT2D eigenvalue weighted by atomic mass is 35.5. The Bertz CT molecular complexity index is 320. The minimum Gasteiger partial charge on any atom is -0.481 e. The van der Waals surface area contributed by atoms with Crippen LogP contribution in [0.5, 0.6) is 0 Å². The molecule has 1 aromatic rings. The zero-order valence-electron chi connectivity index (χ0n) is 10.6. The van der Waals surface area contributed by atoms with Crippen molar-refractivity contribution in [3.05, 3.63) is 35.4 Å². The normalized spacial score (nSPS) is 9.35. The Morgan fingerprint density at radius 1 is 1.29 bits per heavy atom. The smallest absolute Gasteiger partial charge is 0.307 e. The predicted octanol–water partition coefficient (Wildman–Crippen LogP) is 4.04. The zero-order valence-corrected chi connectivity index (χ0v) is 11.3. The molecule has 0 bridgehead atoms. The zero-order chi connectivity index (χ0) is 13.1. The first-order valence-electron chi connectivity index (χ1n) is 5.94. The van der Waals surface area contributed by atoms with Crippen LogP contribution in [0.3, 0.4) is 0 Å². The van der Waals surface area contributed by atoms with Crippen LogP contribution < -0.4 is 0 Å². The number of benzene rings is 1. The van der Waals surface area contributed by atoms with Gasteiger partial charge in [0.25, 0.3) is 0 Å². The average Bonchev–Trinajstić information content (AvgIpc) is 2.30. The number of rotatable bonds is 5. The van der Waals surface area contributed by atoms with E-state index < -0.39 is 5.97 Å². The topological polar surface area (TPSA) is 37.3 Å². The molecule has 0 amide bonds. The van der Waals surface area contributed by atoms with Crippen LogP contribution in [-0.4, -0.2) is 17.0 Å². The van der Waals surface area contributed by atoms with Gasteiger partial charge in [-0.2, -0.15) is 0 Å². The fourth-order valence-electron chi connectivity index (χ4n) is 1.32. The fraction of sp³-hybridized carbons (Fsp3) is 0.500. The number of halogens is 1. The number of carboxylic acid groups (broad SMARTS) is 1. The molecule has 0 aromatic heterocycles. The molecule has 0 fully saturated rings. The van der Waals surface area contributed by atoms with E-state index in [4.69, 9.17) is 16.7 Å². The van der Waals surface area contributed by atoms with Crippen molar-refractivity contribution in [1.29, 1.82) is 0 Å². The van der Waals surface area contributed by atoms with Crippen molar-refractivity contribution in [2.24, 2.45) is 0 Å². The molecule has 0 aliphatic heterocycles. The second-order valence-electron chi connectivity index (χ2n) is 3.89. The van der Waals surface area contributed by atoms with Gasteiger partial charge in [-0.1, -0.05) is 44.0 Å². The molecule has 1 rings (SSSR count). The molecule has 96 valence electrons. The van der Waals surface area contributed by atoms with Gasteiger partial charge in [0.2, 0.25) is 0 Å². The number of aliphatic carboxylic acids is 1. The van der Waals surface area contributed by atoms with E-state index in [-0.39, 0.29) is 6.42 Å². The molecule has 0 saturated carbocycles. The van der Waals surface area contributed by atoms with Crippen LogP contribution in [-0.2, 0) is 11.2 Å². The van der Waals surface area contributed by atoms with Gasteiger partial charge < -0.3 is 5.11 Å². The molecule has 0 unspecified atom stereocenters. The van der Waals surface area contributed by atoms with Crippen molar-refractivity contribution in [2.75, 3.05) is 5.88 Å². The monoisotopic (exact) mass is 256 g/mol. The van der Waals surface area contributed by atoms with Crippen molar-refractivity contribution in [3.8, 4) is 0 Å². The van der Waals surface area contributed by atoms with Crippen LogP contribution in [0.25, 0.3) is 0 Å². The third-order valence-electron chi connectivity index (χ3n) is 2.34. The first-order chi connectivity index (χ1) is 8.11. The molecule has 3 heteroatoms. The summed E-state index contributed by atoms with van der Waals surface area (Å²) in [5.41, 5.74) is 1.93. The summed E-state index contributed by atoms with van der Waals surface area (Å²) in [6.45, 7) is 4.09. The summed E-state index contributed by atoms with van der Waals surface area (Å²) in [5, 5.41) is 8.49. The van der Waals surface area contributed by atoms with Crippen molar-refractivity contribution < 1.29 is 9.90 Å². The fourth-order valence-corrected chi connectivity index (χ4v) is 1.50. The largest absolute Gasteiger partial charge is 0.481 e. The molecule has 2 nitrogen and oxygen atoms in total. The summed E-state index contributed by atoms with van der Waals surface area (Å²) in [4.78, 5) is 10.3. The van der Waals surface area contributed by atoms with Crippen molar-refractivity contribution >= 4 is 17.6 Å². The number of aryl methyl sites for hydroxylation is 1. The third kappa shape index (κ3) is 8.75. The lowest BCUT2D eigenvalue weighted by Gasteiger charge is -1.99. The number of carbonyl (C=O) groups is 1. The number of hydrogen-bond acceptors (Lipinski definition) is 1. The molecule has 0 spiro atoms. The van der Waals surface area contributed by atoms with E-state index in [9.17, 15) is 4.79 Å². The van der Waals surface area contributed by atoms with Gasteiger partial charge in [-0.15, -0.1) is 11.6 Å². The van der Waals surface area contributed by atoms with Crippen LogP contribution in [0, 0.1) is 6.92 Å². The van der Waals surface area contributed by atoms with E-state index in [0.29, 0.717) is 0 Å². The Balaban J connectivity index is 0.000000366. The SMILES string of the molecule is CCCCCCl.Cc1ccccc1CC(=O)O. The summed E-state index contributed by atoms with van der Waals surface area (Å²) in [6.07, 6.45) is 3.85. The molecule has 1 aromatic carbocycles. The standard InChI is InChI=1S/C9H10O2.C5H11Cl/c1-7-4-2-3-5-8(7)6-9(10)11;1-2-3-4-5-6/h2-5H,6H2,1H3,(H,10,11);2-5H2,1H3. The van der Waals surface area contributed by atoms with Gasteiger partial charge >= 0.3 is 5.97 Å². The second kappa shape index (κ2) is 10.2. The van der Waals surface area contributed by atoms with E-state index in [1.807, 2.05) is 31.2 Å². The van der Waals surface area contributed by atoms with Gasteiger partial charge in [0, 0.05) is 5.88 Å². The third-order valence-corrected chi connectivity index (χ3v) is 2.61. The summed E-state index contributed by atoms with van der Waals surface area (Å²) in [6, 6.07) is 7.51. The van der Waals surface area contributed by atoms with Crippen molar-refractivity contribution in [3.63, 3.8) is 0 Å². The Hall–Kier alpha value is -1.02. The maximum absolute atomic E-state index is 10.3. The summed E-state index contributed by atoms with van der Waals surface area (Å²) < 4.78 is 0. The van der Waals surface area contributed by atoms with E-state index in [1.165, 1.54) is 19.3 Å². The quantitative estimate of drug-likeness (QED) is 0.638. The number of carboxylic acids is 1. The highest BCUT2D eigenvalue weighted by Gasteiger charge is 2.01. The maximum Gasteiger partial charge on any atom is 0.307 e. The molecular formula is C14H21ClO2. The van der Waals surface area contributed by atoms with Crippen molar-refractivity contribution in [2.45, 2.75) is 39.5 Å². The first-order valence-corrected chi connectivity index (χ1v) is 6.47. The predicted molar refractivity (Wildman–Crippen MR) is 72.8 cm³/mol. The van der Waals surface area contributed by atoms with Gasteiger partial charge in [-0.05, 0) is 24.5 Å². The number of alkyl halides is 1. The average molecular weight is 257 g/mol. The minimum absolute atomic E-state index is 0.118. The highest BCUT2D eigenvalue weighted by Crippen LogP contribution is 2.06. The Morgan fingerprint density at radius 2 is 1.94 bits per heavy atom. The Kier molecular flexibility index (Phi) is 9.55. The Labute approximate surface area is 109 Å². The van der Waals surface area contributed by atoms with Crippen LogP contribution >= 0.6 is 11.6 Å². The lowest BCUT2D eigenvalue weighted by molar-refractivity contribution is -0.136. The molecule has 0 saturated heterocycles. The van der Waals surface area contributed by atoms with E-state index in [0.717, 1.165) is 17.0 Å². The molecule has 0 heterocycles. The summed E-state index contributed by atoms with van der Waals surface area (Å²) in [5.74, 6) is 0.0488. The summed E-state index contributed by atoms with van der Waals surface area (Å²) in [7, 11) is 0. The molecular weight excluding hydrogens is 236 g/mol. The van der Waals surface area contributed by atoms with Crippen LogP contribution in [0.1, 0.15) is 37.3 Å². The van der Waals surface area contributed by atoms with Crippen molar-refractivity contribution in [1.82, 2.24) is 0 Å². The summed E-state index contributed by atoms with van der Waals surface area (Å²) >= 11 is 5.38. The van der Waals surface area contributed by atoms with E-state index in [2.05, 4.69) is 6.92 Å². The molecule has 17 heavy (non-hydrogen) atoms. The van der Waals surface area contributed by atoms with Gasteiger partial charge in [0.1, 0.15) is 0 Å². The van der Waals surface area contributed by atoms with E-state index in [1.54, 1.807) is 0 Å². The van der Waals surface area contributed by atoms with Crippen LogP contribution in [0.15, 0.2) is 24.3 Å². The molecule has 0 aliphatic rings. The van der Waals surface area contributed by atoms with Gasteiger partial charge in [0.05, 0.1) is 6.42 Å². The van der Waals surface area contributed by atoms with Gasteiger partial charge in [-0.25, -0.2) is 0 Å². The number of hydrogen-bond donors (Lipinski definition) is 1. The first kappa shape index (κ1) is 16.0. The lowest BCUT2D eigenvalue weighted by Crippen LogP contribution is -2.01. The molecule has 1 N–H and O–H groups in total. The van der Waals surface area contributed by atoms with Crippen LogP contribution in [0.2, 0.25) is 0 Å². The number of unbranched alkanes of at least 4 members (excludes halogenated alkanes) is 2. The Morgan fingerprint density at radius 3 is 2.35 bits per heavy atom. The molecule has 0 aliphatic carbocycles. The lowest BCUT2D eigenvalue weighted by atomic mass is 10.1. The molecule has 0 radical (unpaired) electrons. The highest BCUT2D eigenvalue weighted by molar-refractivity contribution is 6.17. The minimum atomic E-state index is -0.778. The van der Waals surface area contributed by atoms with Gasteiger partial charge in [-0.3, -0.25) is 4.79 Å². The maximum atomic E-state index is 10.3. The second-order valence-corrected chi connectivity index (χ2v) is 4.27. The van der Waals surface area contributed by atoms with Crippen LogP contribution in [0.4, 0.5) is 0 Å². The van der Waals surface area contributed by atoms with Gasteiger partial charge in [0.15, 0.2) is 0 Å². The molecule has 0 atom stereocenters. The van der Waals surface area contributed by atoms with E-state index >= 15 is 0 Å².